The molecule has 1 saturated carbocycles. The van der Waals surface area contributed by atoms with E-state index in [1.54, 1.807) is 0 Å². The van der Waals surface area contributed by atoms with Crippen molar-refractivity contribution >= 4 is 5.97 Å². The summed E-state index contributed by atoms with van der Waals surface area (Å²) in [4.78, 5) is 11.1. The van der Waals surface area contributed by atoms with Gasteiger partial charge in [-0.1, -0.05) is 39.5 Å². The molecule has 2 N–H and O–H groups in total. The molecule has 0 bridgehead atoms. The molecule has 3 heteroatoms. The van der Waals surface area contributed by atoms with Crippen LogP contribution in [0.25, 0.3) is 0 Å². The first-order valence-electron chi connectivity index (χ1n) is 6.53. The van der Waals surface area contributed by atoms with Crippen LogP contribution in [0.1, 0.15) is 58.8 Å². The summed E-state index contributed by atoms with van der Waals surface area (Å²) >= 11 is 0. The van der Waals surface area contributed by atoms with E-state index in [2.05, 4.69) is 19.2 Å². The first-order valence-corrected chi connectivity index (χ1v) is 6.53. The molecule has 0 heterocycles. The molecule has 0 spiro atoms. The number of hydrogen-bond donors (Lipinski definition) is 2. The molecule has 1 aliphatic rings. The van der Waals surface area contributed by atoms with Crippen LogP contribution in [-0.2, 0) is 4.79 Å². The summed E-state index contributed by atoms with van der Waals surface area (Å²) in [5, 5.41) is 12.3. The average Bonchev–Trinajstić information content (AvgIpc) is 2.65. The fraction of sp³-hybridized carbons (Fsp3) is 0.923. The highest BCUT2D eigenvalue weighted by Crippen LogP contribution is 2.36. The normalized spacial score (nSPS) is 20.9. The Hall–Kier alpha value is -0.570. The van der Waals surface area contributed by atoms with E-state index in [1.807, 2.05) is 0 Å². The number of carboxylic acids is 1. The van der Waals surface area contributed by atoms with Crippen LogP contribution >= 0.6 is 0 Å². The lowest BCUT2D eigenvalue weighted by atomic mass is 9.88. The van der Waals surface area contributed by atoms with Crippen LogP contribution < -0.4 is 5.32 Å². The Bertz CT molecular complexity index is 222. The maximum absolute atomic E-state index is 11.1. The molecule has 0 aliphatic heterocycles. The van der Waals surface area contributed by atoms with Crippen molar-refractivity contribution in [2.75, 3.05) is 6.54 Å². The van der Waals surface area contributed by atoms with E-state index >= 15 is 0 Å². The van der Waals surface area contributed by atoms with Crippen molar-refractivity contribution in [1.29, 1.82) is 0 Å². The van der Waals surface area contributed by atoms with Gasteiger partial charge < -0.3 is 10.4 Å². The Labute approximate surface area is 98.6 Å². The molecule has 0 aromatic rings. The largest absolute Gasteiger partial charge is 0.480 e. The minimum Gasteiger partial charge on any atom is -0.480 e. The van der Waals surface area contributed by atoms with Crippen LogP contribution in [-0.4, -0.2) is 23.7 Å². The molecule has 0 amide bonds. The highest BCUT2D eigenvalue weighted by Gasteiger charge is 2.29. The molecule has 0 radical (unpaired) electrons. The smallest absolute Gasteiger partial charge is 0.320 e. The maximum atomic E-state index is 11.1. The summed E-state index contributed by atoms with van der Waals surface area (Å²) in [6.07, 6.45) is 7.86. The summed E-state index contributed by atoms with van der Waals surface area (Å²) in [6.45, 7) is 5.22. The molecule has 16 heavy (non-hydrogen) atoms. The molecule has 3 nitrogen and oxygen atoms in total. The average molecular weight is 227 g/mol. The van der Waals surface area contributed by atoms with Crippen LogP contribution in [0.2, 0.25) is 0 Å². The molecule has 0 aromatic carbocycles. The Kier molecular flexibility index (Phi) is 5.26. The third-order valence-corrected chi connectivity index (χ3v) is 3.73. The van der Waals surface area contributed by atoms with Gasteiger partial charge in [0, 0.05) is 6.54 Å². The van der Waals surface area contributed by atoms with Gasteiger partial charge in [0.25, 0.3) is 0 Å². The van der Waals surface area contributed by atoms with E-state index in [9.17, 15) is 4.79 Å². The molecule has 1 fully saturated rings. The van der Waals surface area contributed by atoms with Gasteiger partial charge in [-0.05, 0) is 24.7 Å². The Morgan fingerprint density at radius 1 is 1.44 bits per heavy atom. The van der Waals surface area contributed by atoms with Crippen molar-refractivity contribution in [1.82, 2.24) is 5.32 Å². The van der Waals surface area contributed by atoms with Crippen molar-refractivity contribution < 1.29 is 9.90 Å². The lowest BCUT2D eigenvalue weighted by molar-refractivity contribution is -0.139. The molecule has 1 atom stereocenters. The van der Waals surface area contributed by atoms with Crippen molar-refractivity contribution in [3.8, 4) is 0 Å². The second kappa shape index (κ2) is 6.24. The van der Waals surface area contributed by atoms with Gasteiger partial charge in [0.2, 0.25) is 0 Å². The van der Waals surface area contributed by atoms with E-state index in [0.717, 1.165) is 25.8 Å². The molecular weight excluding hydrogens is 202 g/mol. The zero-order valence-electron chi connectivity index (χ0n) is 10.6. The summed E-state index contributed by atoms with van der Waals surface area (Å²) in [7, 11) is 0. The molecular formula is C13H25NO2. The summed E-state index contributed by atoms with van der Waals surface area (Å²) in [6, 6.07) is -0.350. The van der Waals surface area contributed by atoms with Gasteiger partial charge in [0.05, 0.1) is 0 Å². The van der Waals surface area contributed by atoms with Gasteiger partial charge >= 0.3 is 5.97 Å². The van der Waals surface area contributed by atoms with Gasteiger partial charge in [0.15, 0.2) is 0 Å². The predicted octanol–water partition coefficient (Wildman–Crippen LogP) is 2.80. The van der Waals surface area contributed by atoms with Crippen molar-refractivity contribution in [2.45, 2.75) is 64.8 Å². The minimum absolute atomic E-state index is 0.333. The Morgan fingerprint density at radius 3 is 2.56 bits per heavy atom. The van der Waals surface area contributed by atoms with Crippen LogP contribution in [0.15, 0.2) is 0 Å². The van der Waals surface area contributed by atoms with Crippen molar-refractivity contribution in [3.63, 3.8) is 0 Å². The second-order valence-corrected chi connectivity index (χ2v) is 5.43. The summed E-state index contributed by atoms with van der Waals surface area (Å²) in [5.74, 6) is -0.699. The number of carboxylic acid groups (broad SMARTS) is 1. The molecule has 1 rings (SSSR count). The quantitative estimate of drug-likeness (QED) is 0.703. The molecule has 0 saturated heterocycles. The Balaban J connectivity index is 2.34. The Morgan fingerprint density at radius 2 is 2.06 bits per heavy atom. The third-order valence-electron chi connectivity index (χ3n) is 3.73. The molecule has 1 unspecified atom stereocenters. The number of nitrogens with one attached hydrogen (secondary N) is 1. The van der Waals surface area contributed by atoms with Crippen molar-refractivity contribution in [2.24, 2.45) is 5.41 Å². The number of aliphatic carboxylic acids is 1. The zero-order valence-corrected chi connectivity index (χ0v) is 10.6. The van der Waals surface area contributed by atoms with E-state index in [-0.39, 0.29) is 6.04 Å². The van der Waals surface area contributed by atoms with Gasteiger partial charge in [-0.25, -0.2) is 0 Å². The number of carbonyl (C=O) groups is 1. The standard InChI is InChI=1S/C13H25NO2/c1-3-4-7-11(12(15)16)14-10-13(2)8-5-6-9-13/h11,14H,3-10H2,1-2H3,(H,15,16). The first-order chi connectivity index (χ1) is 7.57. The van der Waals surface area contributed by atoms with Gasteiger partial charge in [-0.3, -0.25) is 4.79 Å². The van der Waals surface area contributed by atoms with Crippen LogP contribution in [0, 0.1) is 5.41 Å². The fourth-order valence-electron chi connectivity index (χ4n) is 2.50. The van der Waals surface area contributed by atoms with Gasteiger partial charge in [0.1, 0.15) is 6.04 Å². The minimum atomic E-state index is -0.699. The topological polar surface area (TPSA) is 49.3 Å². The number of hydrogen-bond acceptors (Lipinski definition) is 2. The molecule has 0 aromatic heterocycles. The zero-order chi connectivity index (χ0) is 12.0. The maximum Gasteiger partial charge on any atom is 0.320 e. The SMILES string of the molecule is CCCCC(NCC1(C)CCCC1)C(=O)O. The summed E-state index contributed by atoms with van der Waals surface area (Å²) < 4.78 is 0. The van der Waals surface area contributed by atoms with E-state index in [0.29, 0.717) is 5.41 Å². The van der Waals surface area contributed by atoms with E-state index in [4.69, 9.17) is 5.11 Å². The monoisotopic (exact) mass is 227 g/mol. The number of rotatable bonds is 7. The second-order valence-electron chi connectivity index (χ2n) is 5.43. The predicted molar refractivity (Wildman–Crippen MR) is 65.5 cm³/mol. The van der Waals surface area contributed by atoms with Crippen LogP contribution in [0.5, 0.6) is 0 Å². The lowest BCUT2D eigenvalue weighted by Crippen LogP contribution is -2.42. The first kappa shape index (κ1) is 13.5. The fourth-order valence-corrected chi connectivity index (χ4v) is 2.50. The molecule has 1 aliphatic carbocycles. The highest BCUT2D eigenvalue weighted by atomic mass is 16.4. The van der Waals surface area contributed by atoms with Crippen LogP contribution in [0.3, 0.4) is 0 Å². The molecule has 94 valence electrons. The third kappa shape index (κ3) is 4.12. The van der Waals surface area contributed by atoms with E-state index < -0.39 is 5.97 Å². The van der Waals surface area contributed by atoms with Crippen LogP contribution in [0.4, 0.5) is 0 Å². The highest BCUT2D eigenvalue weighted by molar-refractivity contribution is 5.73. The van der Waals surface area contributed by atoms with E-state index in [1.165, 1.54) is 25.7 Å². The lowest BCUT2D eigenvalue weighted by Gasteiger charge is -2.26. The van der Waals surface area contributed by atoms with Gasteiger partial charge in [-0.15, -0.1) is 0 Å². The van der Waals surface area contributed by atoms with Crippen molar-refractivity contribution in [3.05, 3.63) is 0 Å². The summed E-state index contributed by atoms with van der Waals surface area (Å²) in [5.41, 5.74) is 0.333. The van der Waals surface area contributed by atoms with Gasteiger partial charge in [-0.2, -0.15) is 0 Å². The number of unbranched alkanes of at least 4 members (excludes halogenated alkanes) is 1.